The van der Waals surface area contributed by atoms with Gasteiger partial charge in [-0.25, -0.2) is 0 Å². The first-order chi connectivity index (χ1) is 8.41. The number of carbonyl (C=O) groups is 2. The lowest BCUT2D eigenvalue weighted by Gasteiger charge is -2.09. The van der Waals surface area contributed by atoms with E-state index < -0.39 is 0 Å². The van der Waals surface area contributed by atoms with Crippen LogP contribution >= 0.6 is 67.8 Å². The number of hydrogen-bond donors (Lipinski definition) is 1. The number of amides is 1. The topological polar surface area (TPSA) is 55.4 Å². The maximum Gasteiger partial charge on any atom is 0.302 e. The molecule has 0 aromatic heterocycles. The first-order valence-corrected chi connectivity index (χ1v) is 8.21. The Kier molecular flexibility index (Phi) is 7.13. The molecule has 4 nitrogen and oxygen atoms in total. The van der Waals surface area contributed by atoms with Gasteiger partial charge in [-0.3, -0.25) is 9.59 Å². The van der Waals surface area contributed by atoms with E-state index in [-0.39, 0.29) is 18.5 Å². The monoisotopic (exact) mass is 585 g/mol. The summed E-state index contributed by atoms with van der Waals surface area (Å²) in [5.74, 6) is -0.491. The third-order valence-electron chi connectivity index (χ3n) is 1.93. The minimum atomic E-state index is -0.345. The second-order valence-electron chi connectivity index (χ2n) is 3.34. The largest absolute Gasteiger partial charge is 0.464 e. The molecule has 1 amide bonds. The van der Waals surface area contributed by atoms with Crippen LogP contribution in [0.3, 0.4) is 0 Å². The number of carbonyl (C=O) groups excluding carboxylic acids is 2. The van der Waals surface area contributed by atoms with Crippen molar-refractivity contribution >= 4 is 79.6 Å². The van der Waals surface area contributed by atoms with Gasteiger partial charge in [-0.15, -0.1) is 0 Å². The smallest absolute Gasteiger partial charge is 0.302 e. The maximum absolute atomic E-state index is 12.0. The summed E-state index contributed by atoms with van der Waals surface area (Å²) in [4.78, 5) is 22.5. The van der Waals surface area contributed by atoms with Crippen molar-refractivity contribution in [2.24, 2.45) is 0 Å². The molecule has 0 unspecified atom stereocenters. The summed E-state index contributed by atoms with van der Waals surface area (Å²) in [6, 6.07) is 3.90. The van der Waals surface area contributed by atoms with Crippen molar-refractivity contribution < 1.29 is 14.3 Å². The second kappa shape index (κ2) is 7.82. The summed E-state index contributed by atoms with van der Waals surface area (Å²) in [5.41, 5.74) is 0.666. The molecule has 0 aliphatic carbocycles. The van der Waals surface area contributed by atoms with Gasteiger partial charge in [0, 0.05) is 17.6 Å². The van der Waals surface area contributed by atoms with E-state index >= 15 is 0 Å². The first kappa shape index (κ1) is 16.4. The average Bonchev–Trinajstić information content (AvgIpc) is 2.22. The van der Waals surface area contributed by atoms with Gasteiger partial charge in [0.1, 0.15) is 6.61 Å². The molecule has 0 atom stereocenters. The molecule has 1 N–H and O–H groups in total. The highest BCUT2D eigenvalue weighted by Crippen LogP contribution is 2.22. The van der Waals surface area contributed by atoms with Crippen molar-refractivity contribution in [3.8, 4) is 0 Å². The van der Waals surface area contributed by atoms with Crippen LogP contribution in [0.1, 0.15) is 17.3 Å². The third kappa shape index (κ3) is 5.15. The molecule has 1 rings (SSSR count). The summed E-state index contributed by atoms with van der Waals surface area (Å²) in [7, 11) is 0. The van der Waals surface area contributed by atoms with Crippen LogP contribution in [0.25, 0.3) is 0 Å². The SMILES string of the molecule is CC(=O)OCCNC(=O)c1c(I)cc(I)cc1I. The molecule has 0 fully saturated rings. The third-order valence-corrected chi connectivity index (χ3v) is 4.25. The van der Waals surface area contributed by atoms with Crippen molar-refractivity contribution in [2.75, 3.05) is 13.2 Å². The van der Waals surface area contributed by atoms with Gasteiger partial charge in [0.15, 0.2) is 0 Å². The maximum atomic E-state index is 12.0. The van der Waals surface area contributed by atoms with Gasteiger partial charge in [-0.2, -0.15) is 0 Å². The molecule has 7 heteroatoms. The fourth-order valence-corrected chi connectivity index (χ4v) is 5.28. The van der Waals surface area contributed by atoms with Gasteiger partial charge >= 0.3 is 5.97 Å². The molecule has 0 saturated carbocycles. The Morgan fingerprint density at radius 2 is 1.78 bits per heavy atom. The van der Waals surface area contributed by atoms with Crippen LogP contribution in [0.2, 0.25) is 0 Å². The zero-order chi connectivity index (χ0) is 13.7. The van der Waals surface area contributed by atoms with Crippen LogP contribution in [0, 0.1) is 10.7 Å². The molecule has 1 aromatic carbocycles. The summed E-state index contributed by atoms with van der Waals surface area (Å²) in [6.07, 6.45) is 0. The van der Waals surface area contributed by atoms with Crippen molar-refractivity contribution in [2.45, 2.75) is 6.92 Å². The normalized spacial score (nSPS) is 10.0. The molecule has 0 radical (unpaired) electrons. The van der Waals surface area contributed by atoms with E-state index in [1.807, 2.05) is 12.1 Å². The molecule has 98 valence electrons. The predicted molar refractivity (Wildman–Crippen MR) is 93.6 cm³/mol. The van der Waals surface area contributed by atoms with Gasteiger partial charge in [0.2, 0.25) is 0 Å². The van der Waals surface area contributed by atoms with Gasteiger partial charge < -0.3 is 10.1 Å². The van der Waals surface area contributed by atoms with Crippen molar-refractivity contribution in [1.29, 1.82) is 0 Å². The zero-order valence-electron chi connectivity index (χ0n) is 9.43. The number of rotatable bonds is 4. The van der Waals surface area contributed by atoms with Crippen molar-refractivity contribution in [3.05, 3.63) is 28.4 Å². The quantitative estimate of drug-likeness (QED) is 0.337. The molecule has 0 aliphatic rings. The summed E-state index contributed by atoms with van der Waals surface area (Å²) in [6.45, 7) is 1.85. The van der Waals surface area contributed by atoms with Crippen LogP contribution < -0.4 is 5.32 Å². The molecule has 0 spiro atoms. The Bertz CT molecular complexity index is 454. The summed E-state index contributed by atoms with van der Waals surface area (Å²) >= 11 is 6.50. The Morgan fingerprint density at radius 1 is 1.22 bits per heavy atom. The molecular weight excluding hydrogens is 575 g/mol. The second-order valence-corrected chi connectivity index (χ2v) is 6.91. The van der Waals surface area contributed by atoms with E-state index in [0.717, 1.165) is 10.7 Å². The van der Waals surface area contributed by atoms with E-state index in [1.54, 1.807) is 0 Å². The Morgan fingerprint density at radius 3 is 2.28 bits per heavy atom. The Hall–Kier alpha value is 0.350. The van der Waals surface area contributed by atoms with Crippen LogP contribution in [0.5, 0.6) is 0 Å². The standard InChI is InChI=1S/C11H10I3NO3/c1-6(16)18-3-2-15-11(17)10-8(13)4-7(12)5-9(10)14/h4-5H,2-3H2,1H3,(H,15,17). The lowest BCUT2D eigenvalue weighted by Crippen LogP contribution is -2.29. The van der Waals surface area contributed by atoms with Gasteiger partial charge in [0.05, 0.1) is 12.1 Å². The van der Waals surface area contributed by atoms with E-state index in [4.69, 9.17) is 4.74 Å². The number of hydrogen-bond acceptors (Lipinski definition) is 3. The fraction of sp³-hybridized carbons (Fsp3) is 0.273. The van der Waals surface area contributed by atoms with E-state index in [1.165, 1.54) is 6.92 Å². The summed E-state index contributed by atoms with van der Waals surface area (Å²) in [5, 5.41) is 2.73. The van der Waals surface area contributed by atoms with E-state index in [2.05, 4.69) is 73.1 Å². The number of ether oxygens (including phenoxy) is 1. The predicted octanol–water partition coefficient (Wildman–Crippen LogP) is 2.79. The number of esters is 1. The molecule has 0 aliphatic heterocycles. The fourth-order valence-electron chi connectivity index (χ4n) is 1.21. The summed E-state index contributed by atoms with van der Waals surface area (Å²) < 4.78 is 7.67. The van der Waals surface area contributed by atoms with Crippen LogP contribution in [0.4, 0.5) is 0 Å². The van der Waals surface area contributed by atoms with E-state index in [9.17, 15) is 9.59 Å². The zero-order valence-corrected chi connectivity index (χ0v) is 15.9. The lowest BCUT2D eigenvalue weighted by atomic mass is 10.2. The number of nitrogens with one attached hydrogen (secondary N) is 1. The minimum Gasteiger partial charge on any atom is -0.464 e. The van der Waals surface area contributed by atoms with Crippen LogP contribution in [0.15, 0.2) is 12.1 Å². The molecule has 0 bridgehead atoms. The van der Waals surface area contributed by atoms with Crippen molar-refractivity contribution in [1.82, 2.24) is 5.32 Å². The highest BCUT2D eigenvalue weighted by Gasteiger charge is 2.14. The van der Waals surface area contributed by atoms with Crippen molar-refractivity contribution in [3.63, 3.8) is 0 Å². The van der Waals surface area contributed by atoms with Gasteiger partial charge in [-0.05, 0) is 79.9 Å². The molecule has 0 heterocycles. The molecule has 18 heavy (non-hydrogen) atoms. The van der Waals surface area contributed by atoms with Gasteiger partial charge in [0.25, 0.3) is 5.91 Å². The minimum absolute atomic E-state index is 0.146. The van der Waals surface area contributed by atoms with Crippen LogP contribution in [-0.2, 0) is 9.53 Å². The number of benzene rings is 1. The average molecular weight is 585 g/mol. The van der Waals surface area contributed by atoms with E-state index in [0.29, 0.717) is 12.1 Å². The van der Waals surface area contributed by atoms with Gasteiger partial charge in [-0.1, -0.05) is 0 Å². The highest BCUT2D eigenvalue weighted by molar-refractivity contribution is 14.1. The first-order valence-electron chi connectivity index (χ1n) is 4.98. The number of halogens is 3. The Balaban J connectivity index is 2.65. The lowest BCUT2D eigenvalue weighted by molar-refractivity contribution is -0.140. The van der Waals surface area contributed by atoms with Crippen LogP contribution in [-0.4, -0.2) is 25.0 Å². The highest BCUT2D eigenvalue weighted by atomic mass is 127. The molecular formula is C11H10I3NO3. The molecule has 0 saturated heterocycles. The molecule has 1 aromatic rings. The Labute approximate surface area is 146 Å².